The van der Waals surface area contributed by atoms with E-state index in [9.17, 15) is 0 Å². The standard InChI is InChI=1S/C19H25ClN4.HI/c1-3-16-7-5-6-8-17(16)14-24-19(21-4-2)22-12-11-15-9-10-18(20)23-13-15;/h5-10,13H,3-4,11-12,14H2,1-2H3,(H2,21,22,24);1H. The molecule has 2 rings (SSSR count). The predicted octanol–water partition coefficient (Wildman–Crippen LogP) is 4.21. The lowest BCUT2D eigenvalue weighted by Gasteiger charge is -2.12. The lowest BCUT2D eigenvalue weighted by molar-refractivity contribution is 0.797. The average molecular weight is 473 g/mol. The number of hydrogen-bond acceptors (Lipinski definition) is 2. The molecule has 0 atom stereocenters. The van der Waals surface area contributed by atoms with Gasteiger partial charge in [-0.25, -0.2) is 9.98 Å². The molecule has 1 heterocycles. The number of rotatable bonds is 7. The molecule has 25 heavy (non-hydrogen) atoms. The van der Waals surface area contributed by atoms with Gasteiger partial charge >= 0.3 is 0 Å². The van der Waals surface area contributed by atoms with E-state index < -0.39 is 0 Å². The number of aliphatic imine (C=N–C) groups is 1. The third-order valence-electron chi connectivity index (χ3n) is 3.75. The van der Waals surface area contributed by atoms with Crippen molar-refractivity contribution in [2.45, 2.75) is 33.2 Å². The Kier molecular flexibility index (Phi) is 10.5. The third-order valence-corrected chi connectivity index (χ3v) is 3.97. The van der Waals surface area contributed by atoms with Gasteiger partial charge in [0.25, 0.3) is 0 Å². The quantitative estimate of drug-likeness (QED) is 0.275. The van der Waals surface area contributed by atoms with Gasteiger partial charge in [0.15, 0.2) is 5.96 Å². The number of hydrogen-bond donors (Lipinski definition) is 2. The highest BCUT2D eigenvalue weighted by molar-refractivity contribution is 14.0. The fourth-order valence-electron chi connectivity index (χ4n) is 2.44. The van der Waals surface area contributed by atoms with Crippen LogP contribution in [0.15, 0.2) is 47.6 Å². The van der Waals surface area contributed by atoms with Crippen LogP contribution in [-0.4, -0.2) is 24.0 Å². The van der Waals surface area contributed by atoms with Crippen LogP contribution in [0.25, 0.3) is 0 Å². The first kappa shape index (κ1) is 21.7. The summed E-state index contributed by atoms with van der Waals surface area (Å²) in [4.78, 5) is 8.80. The lowest BCUT2D eigenvalue weighted by atomic mass is 10.1. The maximum atomic E-state index is 5.81. The highest BCUT2D eigenvalue weighted by Crippen LogP contribution is 2.10. The molecule has 0 radical (unpaired) electrons. The molecule has 4 nitrogen and oxygen atoms in total. The normalized spacial score (nSPS) is 10.9. The van der Waals surface area contributed by atoms with Crippen molar-refractivity contribution >= 4 is 41.5 Å². The molecule has 2 N–H and O–H groups in total. The van der Waals surface area contributed by atoms with Gasteiger partial charge in [0.2, 0.25) is 0 Å². The Balaban J connectivity index is 0.00000312. The van der Waals surface area contributed by atoms with E-state index in [4.69, 9.17) is 16.6 Å². The lowest BCUT2D eigenvalue weighted by Crippen LogP contribution is -2.38. The summed E-state index contributed by atoms with van der Waals surface area (Å²) in [6.07, 6.45) is 3.71. The van der Waals surface area contributed by atoms with Crippen molar-refractivity contribution in [1.82, 2.24) is 15.6 Å². The van der Waals surface area contributed by atoms with Crippen LogP contribution >= 0.6 is 35.6 Å². The van der Waals surface area contributed by atoms with Crippen molar-refractivity contribution in [1.29, 1.82) is 0 Å². The number of pyridine rings is 1. The summed E-state index contributed by atoms with van der Waals surface area (Å²) < 4.78 is 0. The molecule has 0 aliphatic heterocycles. The monoisotopic (exact) mass is 472 g/mol. The number of aromatic nitrogens is 1. The number of nitrogens with zero attached hydrogens (tertiary/aromatic N) is 2. The molecular formula is C19H26ClIN4. The Morgan fingerprint density at radius 1 is 1.08 bits per heavy atom. The van der Waals surface area contributed by atoms with Gasteiger partial charge in [-0.2, -0.15) is 0 Å². The van der Waals surface area contributed by atoms with Crippen LogP contribution in [0.5, 0.6) is 0 Å². The van der Waals surface area contributed by atoms with E-state index in [-0.39, 0.29) is 24.0 Å². The molecule has 1 aromatic carbocycles. The Bertz CT molecular complexity index is 659. The van der Waals surface area contributed by atoms with Crippen LogP contribution in [0, 0.1) is 0 Å². The minimum atomic E-state index is 0. The molecule has 0 saturated heterocycles. The summed E-state index contributed by atoms with van der Waals surface area (Å²) in [5.74, 6) is 0.838. The summed E-state index contributed by atoms with van der Waals surface area (Å²) in [7, 11) is 0. The fourth-order valence-corrected chi connectivity index (χ4v) is 2.55. The molecule has 0 bridgehead atoms. The Morgan fingerprint density at radius 3 is 2.48 bits per heavy atom. The van der Waals surface area contributed by atoms with Crippen LogP contribution in [0.4, 0.5) is 0 Å². The second kappa shape index (κ2) is 12.1. The van der Waals surface area contributed by atoms with Crippen LogP contribution in [0.1, 0.15) is 30.5 Å². The van der Waals surface area contributed by atoms with Gasteiger partial charge in [0.1, 0.15) is 5.15 Å². The van der Waals surface area contributed by atoms with Gasteiger partial charge < -0.3 is 10.6 Å². The summed E-state index contributed by atoms with van der Waals surface area (Å²) in [6.45, 7) is 6.56. The zero-order valence-corrected chi connectivity index (χ0v) is 17.8. The van der Waals surface area contributed by atoms with Gasteiger partial charge in [-0.15, -0.1) is 24.0 Å². The fraction of sp³-hybridized carbons (Fsp3) is 0.368. The Morgan fingerprint density at radius 2 is 1.84 bits per heavy atom. The van der Waals surface area contributed by atoms with Crippen molar-refractivity contribution in [2.24, 2.45) is 4.99 Å². The molecule has 6 heteroatoms. The van der Waals surface area contributed by atoms with Gasteiger partial charge in [-0.3, -0.25) is 0 Å². The Hall–Kier alpha value is -1.34. The number of nitrogens with one attached hydrogen (secondary N) is 2. The Labute approximate surface area is 172 Å². The first-order chi connectivity index (χ1) is 11.7. The summed E-state index contributed by atoms with van der Waals surface area (Å²) in [5, 5.41) is 7.18. The molecule has 0 unspecified atom stereocenters. The number of guanidine groups is 1. The molecule has 0 spiro atoms. The molecule has 0 fully saturated rings. The maximum absolute atomic E-state index is 5.81. The zero-order chi connectivity index (χ0) is 17.2. The minimum Gasteiger partial charge on any atom is -0.357 e. The number of halogens is 2. The molecule has 0 saturated carbocycles. The van der Waals surface area contributed by atoms with Gasteiger partial charge in [0, 0.05) is 19.3 Å². The van der Waals surface area contributed by atoms with E-state index in [2.05, 4.69) is 53.7 Å². The molecule has 136 valence electrons. The van der Waals surface area contributed by atoms with Crippen LogP contribution < -0.4 is 10.6 Å². The van der Waals surface area contributed by atoms with E-state index in [0.717, 1.165) is 37.5 Å². The average Bonchev–Trinajstić information content (AvgIpc) is 2.61. The predicted molar refractivity (Wildman–Crippen MR) is 117 cm³/mol. The molecular weight excluding hydrogens is 447 g/mol. The summed E-state index contributed by atoms with van der Waals surface area (Å²) >= 11 is 5.81. The third kappa shape index (κ3) is 7.61. The maximum Gasteiger partial charge on any atom is 0.191 e. The second-order valence-corrected chi connectivity index (χ2v) is 5.87. The van der Waals surface area contributed by atoms with Crippen LogP contribution in [0.2, 0.25) is 5.15 Å². The largest absolute Gasteiger partial charge is 0.357 e. The first-order valence-electron chi connectivity index (χ1n) is 8.42. The summed E-state index contributed by atoms with van der Waals surface area (Å²) in [6, 6.07) is 12.3. The van der Waals surface area contributed by atoms with E-state index >= 15 is 0 Å². The van der Waals surface area contributed by atoms with Crippen molar-refractivity contribution in [2.75, 3.05) is 13.1 Å². The van der Waals surface area contributed by atoms with Crippen LogP contribution in [-0.2, 0) is 19.4 Å². The highest BCUT2D eigenvalue weighted by atomic mass is 127. The van der Waals surface area contributed by atoms with Crippen molar-refractivity contribution in [3.8, 4) is 0 Å². The van der Waals surface area contributed by atoms with Crippen molar-refractivity contribution in [3.63, 3.8) is 0 Å². The number of aryl methyl sites for hydroxylation is 1. The molecule has 0 aliphatic carbocycles. The summed E-state index contributed by atoms with van der Waals surface area (Å²) in [5.41, 5.74) is 3.78. The SMILES string of the molecule is CCNC(=NCc1ccccc1CC)NCCc1ccc(Cl)nc1.I. The number of benzene rings is 1. The van der Waals surface area contributed by atoms with Crippen LogP contribution in [0.3, 0.4) is 0 Å². The smallest absolute Gasteiger partial charge is 0.191 e. The topological polar surface area (TPSA) is 49.3 Å². The van der Waals surface area contributed by atoms with E-state index in [1.807, 2.05) is 18.3 Å². The molecule has 2 aromatic rings. The van der Waals surface area contributed by atoms with Crippen molar-refractivity contribution in [3.05, 3.63) is 64.4 Å². The second-order valence-electron chi connectivity index (χ2n) is 5.48. The van der Waals surface area contributed by atoms with Gasteiger partial charge in [0.05, 0.1) is 6.54 Å². The van der Waals surface area contributed by atoms with E-state index in [1.165, 1.54) is 11.1 Å². The molecule has 0 amide bonds. The van der Waals surface area contributed by atoms with E-state index in [1.54, 1.807) is 0 Å². The van der Waals surface area contributed by atoms with E-state index in [0.29, 0.717) is 11.7 Å². The van der Waals surface area contributed by atoms with Gasteiger partial charge in [-0.1, -0.05) is 48.9 Å². The highest BCUT2D eigenvalue weighted by Gasteiger charge is 2.01. The van der Waals surface area contributed by atoms with Crippen molar-refractivity contribution < 1.29 is 0 Å². The van der Waals surface area contributed by atoms with Gasteiger partial charge in [-0.05, 0) is 42.5 Å². The molecule has 0 aliphatic rings. The minimum absolute atomic E-state index is 0. The molecule has 1 aromatic heterocycles. The first-order valence-corrected chi connectivity index (χ1v) is 8.80. The zero-order valence-electron chi connectivity index (χ0n) is 14.8.